The van der Waals surface area contributed by atoms with Gasteiger partial charge in [-0.1, -0.05) is 67.2 Å². The van der Waals surface area contributed by atoms with Crippen LogP contribution in [0.4, 0.5) is 10.7 Å². The van der Waals surface area contributed by atoms with Crippen molar-refractivity contribution in [3.05, 3.63) is 90.3 Å². The van der Waals surface area contributed by atoms with Crippen molar-refractivity contribution in [1.82, 2.24) is 19.5 Å². The summed E-state index contributed by atoms with van der Waals surface area (Å²) in [5, 5.41) is 2.65. The van der Waals surface area contributed by atoms with Gasteiger partial charge in [-0.2, -0.15) is 9.97 Å². The van der Waals surface area contributed by atoms with E-state index < -0.39 is 18.0 Å². The number of carbonyl (C=O) groups excluding carboxylic acids is 1. The predicted molar refractivity (Wildman–Crippen MR) is 152 cm³/mol. The molecule has 6 rings (SSSR count). The fourth-order valence-corrected chi connectivity index (χ4v) is 5.25. The van der Waals surface area contributed by atoms with E-state index in [4.69, 9.17) is 18.9 Å². The van der Waals surface area contributed by atoms with Gasteiger partial charge in [0.25, 0.3) is 0 Å². The highest BCUT2D eigenvalue weighted by Gasteiger charge is 2.44. The number of hydrogen-bond acceptors (Lipinski definition) is 8. The second-order valence-electron chi connectivity index (χ2n) is 11.3. The Kier molecular flexibility index (Phi) is 7.19. The zero-order valence-corrected chi connectivity index (χ0v) is 23.3. The van der Waals surface area contributed by atoms with E-state index in [0.717, 1.165) is 16.7 Å². The fraction of sp³-hybridized carbons (Fsp3) is 0.355. The zero-order valence-electron chi connectivity index (χ0n) is 23.3. The second-order valence-corrected chi connectivity index (χ2v) is 11.3. The molecule has 1 aliphatic heterocycles. The minimum atomic E-state index is -0.680. The average molecular weight is 556 g/mol. The van der Waals surface area contributed by atoms with E-state index in [9.17, 15) is 4.79 Å². The van der Waals surface area contributed by atoms with E-state index >= 15 is 0 Å². The lowest BCUT2D eigenvalue weighted by molar-refractivity contribution is -0.229. The first-order valence-electron chi connectivity index (χ1n) is 13.7. The van der Waals surface area contributed by atoms with E-state index in [2.05, 4.69) is 26.8 Å². The van der Waals surface area contributed by atoms with Gasteiger partial charge in [-0.15, -0.1) is 0 Å². The molecule has 2 aliphatic rings. The Morgan fingerprint density at radius 1 is 1.10 bits per heavy atom. The number of nitrogens with one attached hydrogen (secondary N) is 1. The Labute approximate surface area is 238 Å². The predicted octanol–water partition coefficient (Wildman–Crippen LogP) is 5.98. The molecule has 2 aromatic heterocycles. The zero-order chi connectivity index (χ0) is 28.6. The van der Waals surface area contributed by atoms with E-state index in [-0.39, 0.29) is 36.5 Å². The van der Waals surface area contributed by atoms with Crippen LogP contribution in [0.3, 0.4) is 0 Å². The molecule has 2 unspecified atom stereocenters. The van der Waals surface area contributed by atoms with Crippen molar-refractivity contribution < 1.29 is 23.7 Å². The van der Waals surface area contributed by atoms with Gasteiger partial charge in [0.15, 0.2) is 17.5 Å². The Bertz CT molecular complexity index is 1550. The van der Waals surface area contributed by atoms with Crippen LogP contribution < -0.4 is 10.1 Å². The van der Waals surface area contributed by atoms with Crippen molar-refractivity contribution in [2.75, 3.05) is 11.9 Å². The van der Waals surface area contributed by atoms with Crippen molar-refractivity contribution in [3.8, 4) is 5.88 Å². The maximum atomic E-state index is 12.6. The number of nitrogens with zero attached hydrogens (tertiary/aromatic N) is 4. The molecule has 10 heteroatoms. The van der Waals surface area contributed by atoms with E-state index in [1.54, 1.807) is 27.1 Å². The van der Waals surface area contributed by atoms with Crippen molar-refractivity contribution in [3.63, 3.8) is 0 Å². The van der Waals surface area contributed by atoms with Gasteiger partial charge < -0.3 is 23.5 Å². The molecule has 212 valence electrons. The summed E-state index contributed by atoms with van der Waals surface area (Å²) in [6, 6.07) is 19.5. The molecule has 10 nitrogen and oxygen atoms in total. The number of aromatic nitrogens is 4. The fourth-order valence-electron chi connectivity index (χ4n) is 5.25. The Morgan fingerprint density at radius 2 is 1.83 bits per heavy atom. The average Bonchev–Trinajstić information content (AvgIpc) is 3.52. The molecule has 1 aliphatic carbocycles. The molecular formula is C31H33N5O5. The minimum Gasteiger partial charge on any atom is -0.471 e. The molecule has 1 saturated carbocycles. The third-order valence-corrected chi connectivity index (χ3v) is 7.16. The minimum absolute atomic E-state index is 0.0346. The van der Waals surface area contributed by atoms with Crippen LogP contribution in [-0.4, -0.2) is 43.9 Å². The summed E-state index contributed by atoms with van der Waals surface area (Å²) in [5.41, 5.74) is 3.25. The number of hydrogen-bond donors (Lipinski definition) is 1. The van der Waals surface area contributed by atoms with Gasteiger partial charge in [-0.25, -0.2) is 9.78 Å². The number of anilines is 1. The van der Waals surface area contributed by atoms with Gasteiger partial charge in [0.05, 0.1) is 25.1 Å². The summed E-state index contributed by atoms with van der Waals surface area (Å²) >= 11 is 0. The summed E-state index contributed by atoms with van der Waals surface area (Å²) < 4.78 is 26.0. The number of imidazole rings is 1. The normalized spacial score (nSPS) is 22.4. The van der Waals surface area contributed by atoms with Gasteiger partial charge in [0.2, 0.25) is 11.8 Å². The molecule has 0 spiro atoms. The standard InChI is InChI=1S/C31H33N5O5/c1-19-22-17-39-28(21-13-9-6-10-14-21)40-24(22)15-23(19)36-18-32-25-26(36)33-29(35-30(37)41-31(2,3)4)34-27(25)38-16-20-11-7-5-8-12-20/h5-14,18,22-24,28H,1,15-17H2,2-4H3,(H,33,34,35,37)/t22-,23?,24-,28?/m0/s1. The molecule has 0 bridgehead atoms. The molecule has 1 amide bonds. The number of fused-ring (bicyclic) bond motifs is 2. The van der Waals surface area contributed by atoms with Crippen LogP contribution in [0.5, 0.6) is 5.88 Å². The van der Waals surface area contributed by atoms with E-state index in [1.807, 2.05) is 65.2 Å². The lowest BCUT2D eigenvalue weighted by Crippen LogP contribution is -2.32. The third-order valence-electron chi connectivity index (χ3n) is 7.16. The molecule has 1 N–H and O–H groups in total. The first-order valence-corrected chi connectivity index (χ1v) is 13.7. The number of benzene rings is 2. The SMILES string of the molecule is C=C1C(n2cnc3c(OCc4ccccc4)nc(NC(=O)OC(C)(C)C)nc32)C[C@@H]2OC(c3ccccc3)OC[C@@H]12. The highest BCUT2D eigenvalue weighted by molar-refractivity contribution is 5.85. The Morgan fingerprint density at radius 3 is 2.56 bits per heavy atom. The highest BCUT2D eigenvalue weighted by Crippen LogP contribution is 2.46. The van der Waals surface area contributed by atoms with Crippen LogP contribution in [0.15, 0.2) is 79.1 Å². The summed E-state index contributed by atoms with van der Waals surface area (Å²) in [6.45, 7) is 10.6. The molecule has 41 heavy (non-hydrogen) atoms. The van der Waals surface area contributed by atoms with Gasteiger partial charge in [0, 0.05) is 11.5 Å². The summed E-state index contributed by atoms with van der Waals surface area (Å²) in [5.74, 6) is 0.349. The van der Waals surface area contributed by atoms with Crippen LogP contribution in [0.1, 0.15) is 50.7 Å². The summed E-state index contributed by atoms with van der Waals surface area (Å²) in [4.78, 5) is 26.3. The van der Waals surface area contributed by atoms with E-state index in [1.165, 1.54) is 0 Å². The molecule has 0 radical (unpaired) electrons. The lowest BCUT2D eigenvalue weighted by atomic mass is 10.0. The van der Waals surface area contributed by atoms with Crippen molar-refractivity contribution in [2.24, 2.45) is 5.92 Å². The Hall–Kier alpha value is -4.28. The van der Waals surface area contributed by atoms with Gasteiger partial charge >= 0.3 is 6.09 Å². The largest absolute Gasteiger partial charge is 0.471 e. The molecule has 3 heterocycles. The number of amides is 1. The quantitative estimate of drug-likeness (QED) is 0.289. The van der Waals surface area contributed by atoms with Crippen LogP contribution in [-0.2, 0) is 20.8 Å². The molecule has 2 fully saturated rings. The monoisotopic (exact) mass is 555 g/mol. The van der Waals surface area contributed by atoms with Gasteiger partial charge in [-0.3, -0.25) is 5.32 Å². The summed E-state index contributed by atoms with van der Waals surface area (Å²) in [7, 11) is 0. The maximum Gasteiger partial charge on any atom is 0.414 e. The topological polar surface area (TPSA) is 110 Å². The van der Waals surface area contributed by atoms with Crippen LogP contribution >= 0.6 is 0 Å². The van der Waals surface area contributed by atoms with E-state index in [0.29, 0.717) is 24.2 Å². The first-order chi connectivity index (χ1) is 19.7. The molecular weight excluding hydrogens is 522 g/mol. The number of carbonyl (C=O) groups is 1. The lowest BCUT2D eigenvalue weighted by Gasteiger charge is -2.33. The molecule has 4 aromatic rings. The maximum absolute atomic E-state index is 12.6. The second kappa shape index (κ2) is 10.9. The Balaban J connectivity index is 1.30. The van der Waals surface area contributed by atoms with Crippen molar-refractivity contribution in [1.29, 1.82) is 0 Å². The molecule has 2 aromatic carbocycles. The molecule has 4 atom stereocenters. The smallest absolute Gasteiger partial charge is 0.414 e. The first kappa shape index (κ1) is 26.9. The third kappa shape index (κ3) is 5.79. The van der Waals surface area contributed by atoms with Crippen LogP contribution in [0, 0.1) is 5.92 Å². The van der Waals surface area contributed by atoms with Crippen LogP contribution in [0.25, 0.3) is 11.2 Å². The highest BCUT2D eigenvalue weighted by atomic mass is 16.7. The number of ether oxygens (including phenoxy) is 4. The summed E-state index contributed by atoms with van der Waals surface area (Å²) in [6.07, 6.45) is 1.24. The van der Waals surface area contributed by atoms with Crippen molar-refractivity contribution in [2.45, 2.75) is 57.8 Å². The van der Waals surface area contributed by atoms with Crippen molar-refractivity contribution >= 4 is 23.2 Å². The number of rotatable bonds is 6. The van der Waals surface area contributed by atoms with Gasteiger partial charge in [0.1, 0.15) is 12.2 Å². The van der Waals surface area contributed by atoms with Crippen LogP contribution in [0.2, 0.25) is 0 Å². The molecule has 1 saturated heterocycles. The van der Waals surface area contributed by atoms with Gasteiger partial charge in [-0.05, 0) is 38.3 Å².